The van der Waals surface area contributed by atoms with Crippen LogP contribution in [0.15, 0.2) is 48.5 Å². The summed E-state index contributed by atoms with van der Waals surface area (Å²) in [5.41, 5.74) is 2.52. The number of anilines is 1. The number of carbonyl (C=O) groups excluding carboxylic acids is 1. The first-order valence-corrected chi connectivity index (χ1v) is 6.40. The predicted octanol–water partition coefficient (Wildman–Crippen LogP) is 1.51. The van der Waals surface area contributed by atoms with Gasteiger partial charge >= 0.3 is 109 Å². The summed E-state index contributed by atoms with van der Waals surface area (Å²) in [6.45, 7) is 1.93. The normalized spacial score (nSPS) is 8.55. The minimum absolute atomic E-state index is 0. The number of aryl methyl sites for hydroxylation is 1. The third-order valence-corrected chi connectivity index (χ3v) is 3.23. The second-order valence-corrected chi connectivity index (χ2v) is 5.06. The van der Waals surface area contributed by atoms with Crippen molar-refractivity contribution >= 4 is 32.5 Å². The van der Waals surface area contributed by atoms with Gasteiger partial charge in [-0.15, -0.1) is 0 Å². The van der Waals surface area contributed by atoms with E-state index in [-0.39, 0.29) is 22.3 Å². The van der Waals surface area contributed by atoms with Crippen LogP contribution in [0.5, 0.6) is 0 Å². The molecular weight excluding hydrogens is 319 g/mol. The van der Waals surface area contributed by atoms with Crippen molar-refractivity contribution in [3.63, 3.8) is 0 Å². The first kappa shape index (κ1) is 20.6. The minimum Gasteiger partial charge on any atom is -0.870 e. The number of hydrogen-bond acceptors (Lipinski definition) is 4. The Kier molecular flexibility index (Phi) is 9.57. The van der Waals surface area contributed by atoms with Crippen molar-refractivity contribution in [1.29, 1.82) is 0 Å². The largest absolute Gasteiger partial charge is 0.870 e. The summed E-state index contributed by atoms with van der Waals surface area (Å²) in [5.74, 6) is -0.0630. The quantitative estimate of drug-likeness (QED) is 0.837. The van der Waals surface area contributed by atoms with Crippen LogP contribution in [0.1, 0.15) is 15.9 Å². The van der Waals surface area contributed by atoms with Crippen molar-refractivity contribution in [1.82, 2.24) is 0 Å². The first-order chi connectivity index (χ1) is 8.16. The van der Waals surface area contributed by atoms with Crippen LogP contribution >= 0.6 is 0 Å². The SMILES string of the molecule is Cc1ccccc1C(=O)Nc1cc[c]([Ge+3])cc1.[OH-].[OH-].[OH-]. The molecule has 0 aliphatic carbocycles. The van der Waals surface area contributed by atoms with Gasteiger partial charge in [0.2, 0.25) is 0 Å². The molecule has 2 aromatic carbocycles. The van der Waals surface area contributed by atoms with E-state index in [0.717, 1.165) is 11.3 Å². The number of hydrogen-bond donors (Lipinski definition) is 1. The van der Waals surface area contributed by atoms with Gasteiger partial charge < -0.3 is 16.4 Å². The second-order valence-electron chi connectivity index (χ2n) is 3.85. The maximum atomic E-state index is 12.0. The fraction of sp³-hybridized carbons (Fsp3) is 0.0714. The van der Waals surface area contributed by atoms with E-state index < -0.39 is 0 Å². The summed E-state index contributed by atoms with van der Waals surface area (Å²) >= 11 is 2.02. The molecule has 0 spiro atoms. The number of nitrogens with one attached hydrogen (secondary N) is 1. The van der Waals surface area contributed by atoms with Crippen molar-refractivity contribution in [2.24, 2.45) is 0 Å². The van der Waals surface area contributed by atoms with Crippen molar-refractivity contribution in [2.75, 3.05) is 5.32 Å². The molecule has 4 N–H and O–H groups in total. The van der Waals surface area contributed by atoms with Crippen LogP contribution < -0.4 is 9.71 Å². The van der Waals surface area contributed by atoms with E-state index in [1.807, 2.05) is 72.0 Å². The molecule has 0 atom stereocenters. The summed E-state index contributed by atoms with van der Waals surface area (Å²) in [7, 11) is 0. The van der Waals surface area contributed by atoms with Gasteiger partial charge in [-0.25, -0.2) is 0 Å². The van der Waals surface area contributed by atoms with E-state index in [4.69, 9.17) is 0 Å². The minimum atomic E-state index is -0.0630. The van der Waals surface area contributed by atoms with Gasteiger partial charge in [-0.2, -0.15) is 0 Å². The topological polar surface area (TPSA) is 119 Å². The van der Waals surface area contributed by atoms with Crippen LogP contribution in [0.2, 0.25) is 0 Å². The molecule has 0 heterocycles. The Morgan fingerprint density at radius 2 is 1.50 bits per heavy atom. The number of benzene rings is 2. The zero-order valence-electron chi connectivity index (χ0n) is 10.9. The van der Waals surface area contributed by atoms with Crippen LogP contribution in [-0.2, 0) is 0 Å². The van der Waals surface area contributed by atoms with Crippen LogP contribution in [0.4, 0.5) is 5.69 Å². The summed E-state index contributed by atoms with van der Waals surface area (Å²) in [6, 6.07) is 15.3. The van der Waals surface area contributed by atoms with E-state index in [2.05, 4.69) is 5.32 Å². The first-order valence-electron chi connectivity index (χ1n) is 5.35. The van der Waals surface area contributed by atoms with Gasteiger partial charge in [-0.3, -0.25) is 0 Å². The number of rotatable bonds is 2. The van der Waals surface area contributed by atoms with Crippen LogP contribution in [0.3, 0.4) is 0 Å². The predicted molar refractivity (Wildman–Crippen MR) is 76.8 cm³/mol. The van der Waals surface area contributed by atoms with Gasteiger partial charge in [0, 0.05) is 0 Å². The van der Waals surface area contributed by atoms with Crippen LogP contribution in [0, 0.1) is 6.92 Å². The Morgan fingerprint density at radius 3 is 2.05 bits per heavy atom. The molecule has 0 radical (unpaired) electrons. The molecular formula is C14H15GeNO4. The Bertz CT molecular complexity index is 543. The van der Waals surface area contributed by atoms with Crippen molar-refractivity contribution in [3.8, 4) is 0 Å². The smallest absolute Gasteiger partial charge is 0.870 e. The summed E-state index contributed by atoms with van der Waals surface area (Å²) in [4.78, 5) is 12.0. The fourth-order valence-electron chi connectivity index (χ4n) is 1.58. The zero-order valence-corrected chi connectivity index (χ0v) is 13.0. The molecule has 0 unspecified atom stereocenters. The Hall–Kier alpha value is -1.67. The number of amides is 1. The van der Waals surface area contributed by atoms with Gasteiger partial charge in [0.25, 0.3) is 0 Å². The van der Waals surface area contributed by atoms with E-state index in [9.17, 15) is 4.79 Å². The molecule has 0 fully saturated rings. The third-order valence-electron chi connectivity index (χ3n) is 2.53. The maximum Gasteiger partial charge on any atom is -0.870 e. The summed E-state index contributed by atoms with van der Waals surface area (Å²) < 4.78 is 1.18. The Balaban J connectivity index is 0. The molecule has 0 aliphatic heterocycles. The van der Waals surface area contributed by atoms with E-state index >= 15 is 0 Å². The Labute approximate surface area is 126 Å². The average Bonchev–Trinajstić information content (AvgIpc) is 2.32. The maximum absolute atomic E-state index is 12.0. The monoisotopic (exact) mass is 335 g/mol. The summed E-state index contributed by atoms with van der Waals surface area (Å²) in [6.07, 6.45) is 0. The van der Waals surface area contributed by atoms with E-state index in [0.29, 0.717) is 5.56 Å². The standard InChI is InChI=1S/C14H12GeNO.3H2O/c1-10-4-2-3-5-13(10)14(17)16-12-8-6-11(15)7-9-12;;;/h2-9H,1H3,(H,16,17);3*1H2/q+3;;;/p-3. The van der Waals surface area contributed by atoms with Crippen molar-refractivity contribution in [3.05, 3.63) is 59.7 Å². The molecule has 0 saturated carbocycles. The molecule has 5 nitrogen and oxygen atoms in total. The number of carbonyl (C=O) groups is 1. The average molecular weight is 334 g/mol. The fourth-order valence-corrected chi connectivity index (χ4v) is 1.93. The van der Waals surface area contributed by atoms with Gasteiger partial charge in [-0.1, -0.05) is 0 Å². The molecule has 0 saturated heterocycles. The molecule has 0 aromatic heterocycles. The molecule has 2 aromatic rings. The van der Waals surface area contributed by atoms with Gasteiger partial charge in [0.1, 0.15) is 0 Å². The van der Waals surface area contributed by atoms with Crippen LogP contribution in [-0.4, -0.2) is 38.8 Å². The molecule has 0 bridgehead atoms. The Morgan fingerprint density at radius 1 is 0.950 bits per heavy atom. The molecule has 20 heavy (non-hydrogen) atoms. The van der Waals surface area contributed by atoms with Crippen molar-refractivity contribution in [2.45, 2.75) is 6.92 Å². The molecule has 1 amide bonds. The van der Waals surface area contributed by atoms with Gasteiger partial charge in [0.05, 0.1) is 0 Å². The zero-order chi connectivity index (χ0) is 12.3. The van der Waals surface area contributed by atoms with E-state index in [1.54, 1.807) is 0 Å². The van der Waals surface area contributed by atoms with Crippen LogP contribution in [0.25, 0.3) is 0 Å². The second kappa shape index (κ2) is 9.27. The van der Waals surface area contributed by atoms with E-state index in [1.165, 1.54) is 4.40 Å². The summed E-state index contributed by atoms with van der Waals surface area (Å²) in [5, 5.41) is 2.89. The molecule has 2 rings (SSSR count). The molecule has 104 valence electrons. The van der Waals surface area contributed by atoms with Gasteiger partial charge in [-0.05, 0) is 0 Å². The third kappa shape index (κ3) is 5.14. The van der Waals surface area contributed by atoms with Gasteiger partial charge in [0.15, 0.2) is 0 Å². The van der Waals surface area contributed by atoms with Crippen molar-refractivity contribution < 1.29 is 21.2 Å². The molecule has 0 aliphatic rings. The molecule has 6 heteroatoms.